The van der Waals surface area contributed by atoms with Crippen molar-refractivity contribution in [1.82, 2.24) is 4.90 Å². The zero-order valence-electron chi connectivity index (χ0n) is 16.7. The number of rotatable bonds is 2. The lowest BCUT2D eigenvalue weighted by atomic mass is 9.70. The molecule has 0 radical (unpaired) electrons. The van der Waals surface area contributed by atoms with Crippen LogP contribution in [0, 0.1) is 5.92 Å². The van der Waals surface area contributed by atoms with E-state index in [1.54, 1.807) is 11.3 Å². The van der Waals surface area contributed by atoms with Crippen molar-refractivity contribution < 1.29 is 5.11 Å². The molecule has 0 bridgehead atoms. The van der Waals surface area contributed by atoms with Crippen molar-refractivity contribution in [2.75, 3.05) is 6.61 Å². The molecule has 2 heterocycles. The highest BCUT2D eigenvalue weighted by Crippen LogP contribution is 2.55. The first kappa shape index (κ1) is 17.4. The first-order chi connectivity index (χ1) is 13.0. The molecule has 0 amide bonds. The number of hydrogen-bond donors (Lipinski definition) is 1. The Balaban J connectivity index is 1.63. The fraction of sp³-hybridized carbons (Fsp3) is 0.652. The van der Waals surface area contributed by atoms with Gasteiger partial charge in [0.1, 0.15) is 5.66 Å². The summed E-state index contributed by atoms with van der Waals surface area (Å²) in [6, 6.07) is 0. The van der Waals surface area contributed by atoms with Crippen LogP contribution in [0.25, 0.3) is 0 Å². The molecule has 0 aromatic carbocycles. The summed E-state index contributed by atoms with van der Waals surface area (Å²) in [5, 5.41) is 9.61. The average Bonchev–Trinajstić information content (AvgIpc) is 2.99. The monoisotopic (exact) mass is 365 g/mol. The summed E-state index contributed by atoms with van der Waals surface area (Å²) in [5.41, 5.74) is 6.13. The van der Waals surface area contributed by atoms with Crippen molar-refractivity contribution in [1.29, 1.82) is 0 Å². The molecule has 5 aliphatic rings. The fourth-order valence-corrected chi connectivity index (χ4v) is 5.74. The number of allylic oxidation sites excluding steroid dienone is 5. The summed E-state index contributed by atoms with van der Waals surface area (Å²) in [6.45, 7) is 4.01. The van der Waals surface area contributed by atoms with E-state index in [-0.39, 0.29) is 12.3 Å². The maximum Gasteiger partial charge on any atom is 0.139 e. The molecule has 1 N–H and O–H groups in total. The van der Waals surface area contributed by atoms with Crippen molar-refractivity contribution >= 4 is 11.4 Å². The summed E-state index contributed by atoms with van der Waals surface area (Å²) >= 11 is 0. The summed E-state index contributed by atoms with van der Waals surface area (Å²) in [4.78, 5) is 12.8. The predicted molar refractivity (Wildman–Crippen MR) is 110 cm³/mol. The lowest BCUT2D eigenvalue weighted by Crippen LogP contribution is -2.53. The van der Waals surface area contributed by atoms with Crippen LogP contribution in [0.5, 0.6) is 0 Å². The minimum absolute atomic E-state index is 0.0398. The second kappa shape index (κ2) is 6.16. The maximum absolute atomic E-state index is 9.61. The van der Waals surface area contributed by atoms with Crippen LogP contribution in [0.3, 0.4) is 0 Å². The zero-order chi connectivity index (χ0) is 18.6. The van der Waals surface area contributed by atoms with Gasteiger partial charge < -0.3 is 10.0 Å². The lowest BCUT2D eigenvalue weighted by molar-refractivity contribution is 0.0498. The molecule has 0 aromatic rings. The third kappa shape index (κ3) is 2.67. The molecule has 0 saturated heterocycles. The second-order valence-corrected chi connectivity index (χ2v) is 9.49. The van der Waals surface area contributed by atoms with Crippen LogP contribution in [0.4, 0.5) is 0 Å². The molecular weight excluding hydrogens is 334 g/mol. The van der Waals surface area contributed by atoms with E-state index in [0.29, 0.717) is 5.92 Å². The number of aliphatic hydroxyl groups is 1. The molecule has 4 nitrogen and oxygen atoms in total. The minimum atomic E-state index is -0.452. The molecule has 0 aromatic heterocycles. The molecular formula is C23H31N3O. The third-order valence-corrected chi connectivity index (χ3v) is 7.03. The first-order valence-corrected chi connectivity index (χ1v) is 10.7. The van der Waals surface area contributed by atoms with Crippen molar-refractivity contribution in [3.05, 3.63) is 35.2 Å². The quantitative estimate of drug-likeness (QED) is 0.731. The summed E-state index contributed by atoms with van der Waals surface area (Å²) in [5.74, 6) is 0.657. The average molecular weight is 366 g/mol. The Bertz CT molecular complexity index is 813. The highest BCUT2D eigenvalue weighted by molar-refractivity contribution is 6.22. The molecule has 1 saturated carbocycles. The van der Waals surface area contributed by atoms with Crippen LogP contribution in [0.1, 0.15) is 71.6 Å². The summed E-state index contributed by atoms with van der Waals surface area (Å²) < 4.78 is 0. The molecule has 3 aliphatic carbocycles. The number of hydrogen-bond acceptors (Lipinski definition) is 4. The normalized spacial score (nSPS) is 34.0. The zero-order valence-corrected chi connectivity index (χ0v) is 16.7. The van der Waals surface area contributed by atoms with Crippen molar-refractivity contribution in [2.45, 2.75) is 82.8 Å². The Kier molecular flexibility index (Phi) is 3.98. The number of aliphatic imine (C=N–C) groups is 2. The van der Waals surface area contributed by atoms with Crippen LogP contribution in [0.15, 0.2) is 45.2 Å². The van der Waals surface area contributed by atoms with E-state index in [1.165, 1.54) is 63.5 Å². The Hall–Kier alpha value is -1.68. The second-order valence-electron chi connectivity index (χ2n) is 9.49. The Labute approximate surface area is 162 Å². The van der Waals surface area contributed by atoms with Gasteiger partial charge in [-0.3, -0.25) is 9.98 Å². The van der Waals surface area contributed by atoms with Gasteiger partial charge in [-0.1, -0.05) is 12.0 Å². The molecule has 1 fully saturated rings. The van der Waals surface area contributed by atoms with Gasteiger partial charge in [-0.2, -0.15) is 0 Å². The topological polar surface area (TPSA) is 48.2 Å². The van der Waals surface area contributed by atoms with Gasteiger partial charge in [0.2, 0.25) is 0 Å². The van der Waals surface area contributed by atoms with E-state index in [1.807, 2.05) is 13.8 Å². The smallest absolute Gasteiger partial charge is 0.139 e. The number of nitrogens with zero attached hydrogens (tertiary/aromatic N) is 3. The largest absolute Gasteiger partial charge is 0.394 e. The van der Waals surface area contributed by atoms with Gasteiger partial charge >= 0.3 is 0 Å². The van der Waals surface area contributed by atoms with E-state index < -0.39 is 5.54 Å². The van der Waals surface area contributed by atoms with Crippen LogP contribution in [0.2, 0.25) is 0 Å². The fourth-order valence-electron chi connectivity index (χ4n) is 5.74. The Morgan fingerprint density at radius 2 is 2.07 bits per heavy atom. The van der Waals surface area contributed by atoms with Crippen molar-refractivity contribution in [3.8, 4) is 0 Å². The van der Waals surface area contributed by atoms with Crippen LogP contribution >= 0.6 is 0 Å². The van der Waals surface area contributed by atoms with Gasteiger partial charge in [0.25, 0.3) is 0 Å². The van der Waals surface area contributed by atoms with E-state index in [4.69, 9.17) is 9.98 Å². The highest BCUT2D eigenvalue weighted by atomic mass is 16.3. The summed E-state index contributed by atoms with van der Waals surface area (Å²) in [6.07, 6.45) is 17.9. The lowest BCUT2D eigenvalue weighted by Gasteiger charge is -2.52. The van der Waals surface area contributed by atoms with E-state index in [9.17, 15) is 5.11 Å². The molecule has 4 heteroatoms. The maximum atomic E-state index is 9.61. The van der Waals surface area contributed by atoms with Crippen LogP contribution in [-0.2, 0) is 0 Å². The van der Waals surface area contributed by atoms with E-state index in [2.05, 4.69) is 23.1 Å². The Morgan fingerprint density at radius 3 is 2.93 bits per heavy atom. The van der Waals surface area contributed by atoms with Crippen LogP contribution in [-0.4, -0.2) is 39.2 Å². The van der Waals surface area contributed by atoms with Gasteiger partial charge in [-0.05, 0) is 83.4 Å². The van der Waals surface area contributed by atoms with Crippen molar-refractivity contribution in [2.24, 2.45) is 15.9 Å². The first-order valence-electron chi connectivity index (χ1n) is 10.7. The van der Waals surface area contributed by atoms with Gasteiger partial charge in [0, 0.05) is 11.6 Å². The Morgan fingerprint density at radius 1 is 1.22 bits per heavy atom. The molecule has 27 heavy (non-hydrogen) atoms. The molecule has 2 atom stereocenters. The number of aliphatic hydroxyl groups excluding tert-OH is 1. The van der Waals surface area contributed by atoms with Crippen LogP contribution < -0.4 is 0 Å². The van der Waals surface area contributed by atoms with Gasteiger partial charge in [0.05, 0.1) is 29.3 Å². The summed E-state index contributed by atoms with van der Waals surface area (Å²) in [7, 11) is 0. The predicted octanol–water partition coefficient (Wildman–Crippen LogP) is 4.53. The SMILES string of the molecule is CC(C)(CO)N=C1C=CC2=N[C@@]34CCCC[C@@H]3CC3=C(CCCC3)N4C2=C1. The molecule has 0 unspecified atom stereocenters. The minimum Gasteiger partial charge on any atom is -0.394 e. The van der Waals surface area contributed by atoms with E-state index >= 15 is 0 Å². The van der Waals surface area contributed by atoms with E-state index in [0.717, 1.165) is 11.4 Å². The van der Waals surface area contributed by atoms with Gasteiger partial charge in [-0.15, -0.1) is 0 Å². The molecule has 2 aliphatic heterocycles. The standard InChI is InChI=1S/C23H31N3O/c1-22(2,15-27)24-18-10-11-19-21(14-18)26-20-9-4-3-7-16(20)13-17-8-5-6-12-23(17,26)25-19/h10-11,14,17,27H,3-9,12-13,15H2,1-2H3/t17-,23-/m1/s1. The molecule has 1 spiro atoms. The van der Waals surface area contributed by atoms with Gasteiger partial charge in [0.15, 0.2) is 0 Å². The number of fused-ring (bicyclic) bond motifs is 3. The molecule has 144 valence electrons. The van der Waals surface area contributed by atoms with Gasteiger partial charge in [-0.25, -0.2) is 0 Å². The highest BCUT2D eigenvalue weighted by Gasteiger charge is 2.55. The third-order valence-electron chi connectivity index (χ3n) is 7.03. The molecule has 5 rings (SSSR count). The van der Waals surface area contributed by atoms with Crippen molar-refractivity contribution in [3.63, 3.8) is 0 Å².